The van der Waals surface area contributed by atoms with E-state index in [-0.39, 0.29) is 12.6 Å². The third-order valence-corrected chi connectivity index (χ3v) is 2.15. The summed E-state index contributed by atoms with van der Waals surface area (Å²) in [5, 5.41) is 0. The smallest absolute Gasteiger partial charge is 0.401 e. The van der Waals surface area contributed by atoms with Crippen LogP contribution in [0.5, 0.6) is 0 Å². The van der Waals surface area contributed by atoms with Crippen LogP contribution in [0.4, 0.5) is 13.2 Å². The molecule has 3 nitrogen and oxygen atoms in total. The van der Waals surface area contributed by atoms with Gasteiger partial charge in [0.15, 0.2) is 0 Å². The lowest BCUT2D eigenvalue weighted by atomic mass is 10.2. The minimum Gasteiger partial charge on any atom is -0.465 e. The number of ether oxygens (including phenoxy) is 1. The maximum Gasteiger partial charge on any atom is 0.401 e. The summed E-state index contributed by atoms with van der Waals surface area (Å²) < 4.78 is 41.5. The average Bonchev–Trinajstić information content (AvgIpc) is 2.11. The second-order valence-electron chi connectivity index (χ2n) is 3.81. The molecule has 6 heteroatoms. The topological polar surface area (TPSA) is 29.5 Å². The van der Waals surface area contributed by atoms with E-state index in [9.17, 15) is 18.0 Å². The van der Waals surface area contributed by atoms with Crippen molar-refractivity contribution in [3.63, 3.8) is 0 Å². The lowest BCUT2D eigenvalue weighted by molar-refractivity contribution is -0.167. The molecular weight excluding hydrogens is 223 g/mol. The highest BCUT2D eigenvalue weighted by atomic mass is 19.4. The highest BCUT2D eigenvalue weighted by Gasteiger charge is 2.36. The van der Waals surface area contributed by atoms with Gasteiger partial charge in [-0.15, -0.1) is 0 Å². The van der Waals surface area contributed by atoms with Crippen LogP contribution in [0.15, 0.2) is 0 Å². The molecule has 96 valence electrons. The van der Waals surface area contributed by atoms with E-state index in [2.05, 4.69) is 0 Å². The molecule has 0 fully saturated rings. The summed E-state index contributed by atoms with van der Waals surface area (Å²) in [5.74, 6) is -0.625. The predicted molar refractivity (Wildman–Crippen MR) is 54.0 cm³/mol. The summed E-state index contributed by atoms with van der Waals surface area (Å²) in [7, 11) is 0. The molecule has 0 rings (SSSR count). The fraction of sp³-hybridized carbons (Fsp3) is 0.900. The predicted octanol–water partition coefficient (Wildman–Crippen LogP) is 2.21. The maximum absolute atomic E-state index is 12.3. The molecule has 0 bridgehead atoms. The molecule has 1 atom stereocenters. The van der Waals surface area contributed by atoms with E-state index in [1.807, 2.05) is 0 Å². The number of hydrogen-bond donors (Lipinski definition) is 0. The zero-order valence-electron chi connectivity index (χ0n) is 9.97. The number of esters is 1. The zero-order chi connectivity index (χ0) is 12.9. The van der Waals surface area contributed by atoms with Crippen LogP contribution in [0.2, 0.25) is 0 Å². The van der Waals surface area contributed by atoms with E-state index < -0.39 is 24.7 Å². The van der Waals surface area contributed by atoms with E-state index >= 15 is 0 Å². The third kappa shape index (κ3) is 5.34. The van der Waals surface area contributed by atoms with E-state index in [1.54, 1.807) is 20.8 Å². The second-order valence-corrected chi connectivity index (χ2v) is 3.81. The molecule has 0 aliphatic carbocycles. The van der Waals surface area contributed by atoms with E-state index in [0.717, 1.165) is 4.90 Å². The Bertz CT molecular complexity index is 229. The largest absolute Gasteiger partial charge is 0.465 e. The SMILES string of the molecule is CCOC(=O)C(C)N(CC(F)(F)F)C(C)C. The van der Waals surface area contributed by atoms with Gasteiger partial charge in [-0.25, -0.2) is 0 Å². The van der Waals surface area contributed by atoms with Crippen LogP contribution < -0.4 is 0 Å². The molecular formula is C10H18F3NO2. The highest BCUT2D eigenvalue weighted by molar-refractivity contribution is 5.75. The average molecular weight is 241 g/mol. The van der Waals surface area contributed by atoms with Crippen LogP contribution in [0.1, 0.15) is 27.7 Å². The van der Waals surface area contributed by atoms with Gasteiger partial charge < -0.3 is 4.74 Å². The van der Waals surface area contributed by atoms with E-state index in [1.165, 1.54) is 6.92 Å². The number of alkyl halides is 3. The van der Waals surface area contributed by atoms with Gasteiger partial charge in [0.05, 0.1) is 13.2 Å². The molecule has 0 saturated heterocycles. The minimum atomic E-state index is -4.31. The monoisotopic (exact) mass is 241 g/mol. The summed E-state index contributed by atoms with van der Waals surface area (Å²) >= 11 is 0. The Kier molecular flexibility index (Phi) is 5.78. The summed E-state index contributed by atoms with van der Waals surface area (Å²) in [6.45, 7) is 5.33. The Hall–Kier alpha value is -0.780. The summed E-state index contributed by atoms with van der Waals surface area (Å²) in [6.07, 6.45) is -4.31. The Morgan fingerprint density at radius 1 is 1.31 bits per heavy atom. The van der Waals surface area contributed by atoms with Crippen LogP contribution in [0, 0.1) is 0 Å². The molecule has 1 unspecified atom stereocenters. The van der Waals surface area contributed by atoms with Crippen LogP contribution in [0.3, 0.4) is 0 Å². The Morgan fingerprint density at radius 2 is 1.81 bits per heavy atom. The summed E-state index contributed by atoms with van der Waals surface area (Å²) in [4.78, 5) is 12.4. The Labute approximate surface area is 93.6 Å². The van der Waals surface area contributed by atoms with E-state index in [0.29, 0.717) is 0 Å². The number of halogens is 3. The molecule has 0 amide bonds. The first kappa shape index (κ1) is 15.2. The molecule has 0 N–H and O–H groups in total. The molecule has 0 aromatic rings. The quantitative estimate of drug-likeness (QED) is 0.691. The first-order valence-corrected chi connectivity index (χ1v) is 5.18. The molecule has 0 radical (unpaired) electrons. The zero-order valence-corrected chi connectivity index (χ0v) is 9.97. The van der Waals surface area contributed by atoms with Gasteiger partial charge in [-0.05, 0) is 27.7 Å². The summed E-state index contributed by atoms with van der Waals surface area (Å²) in [6, 6.07) is -1.26. The first-order chi connectivity index (χ1) is 7.19. The number of carbonyl (C=O) groups excluding carboxylic acids is 1. The maximum atomic E-state index is 12.3. The van der Waals surface area contributed by atoms with Gasteiger partial charge in [-0.3, -0.25) is 9.69 Å². The van der Waals surface area contributed by atoms with Crippen molar-refractivity contribution in [3.8, 4) is 0 Å². The van der Waals surface area contributed by atoms with Gasteiger partial charge in [0.25, 0.3) is 0 Å². The summed E-state index contributed by atoms with van der Waals surface area (Å²) in [5.41, 5.74) is 0. The van der Waals surface area contributed by atoms with Crippen molar-refractivity contribution in [2.24, 2.45) is 0 Å². The van der Waals surface area contributed by atoms with Crippen molar-refractivity contribution in [3.05, 3.63) is 0 Å². The van der Waals surface area contributed by atoms with Crippen molar-refractivity contribution < 1.29 is 22.7 Å². The number of hydrogen-bond acceptors (Lipinski definition) is 3. The minimum absolute atomic E-state index is 0.168. The number of rotatable bonds is 5. The Balaban J connectivity index is 4.59. The highest BCUT2D eigenvalue weighted by Crippen LogP contribution is 2.20. The standard InChI is InChI=1S/C10H18F3NO2/c1-5-16-9(15)8(4)14(7(2)3)6-10(11,12)13/h7-8H,5-6H2,1-4H3. The number of carbonyl (C=O) groups is 1. The van der Waals surface area contributed by atoms with Crippen LogP contribution in [0.25, 0.3) is 0 Å². The van der Waals surface area contributed by atoms with Crippen molar-refractivity contribution >= 4 is 5.97 Å². The van der Waals surface area contributed by atoms with Gasteiger partial charge in [-0.1, -0.05) is 0 Å². The fourth-order valence-corrected chi connectivity index (χ4v) is 1.37. The van der Waals surface area contributed by atoms with Gasteiger partial charge in [0, 0.05) is 6.04 Å². The first-order valence-electron chi connectivity index (χ1n) is 5.18. The molecule has 0 spiro atoms. The molecule has 0 heterocycles. The van der Waals surface area contributed by atoms with Crippen molar-refractivity contribution in [1.29, 1.82) is 0 Å². The van der Waals surface area contributed by atoms with Gasteiger partial charge in [0.2, 0.25) is 0 Å². The van der Waals surface area contributed by atoms with E-state index in [4.69, 9.17) is 4.74 Å². The third-order valence-electron chi connectivity index (χ3n) is 2.15. The lowest BCUT2D eigenvalue weighted by Crippen LogP contribution is -2.48. The van der Waals surface area contributed by atoms with Crippen LogP contribution >= 0.6 is 0 Å². The van der Waals surface area contributed by atoms with Crippen molar-refractivity contribution in [2.75, 3.05) is 13.2 Å². The molecule has 16 heavy (non-hydrogen) atoms. The molecule has 0 saturated carbocycles. The van der Waals surface area contributed by atoms with Crippen molar-refractivity contribution in [2.45, 2.75) is 46.0 Å². The lowest BCUT2D eigenvalue weighted by Gasteiger charge is -2.31. The van der Waals surface area contributed by atoms with Crippen LogP contribution in [-0.4, -0.2) is 42.3 Å². The van der Waals surface area contributed by atoms with Gasteiger partial charge in [0.1, 0.15) is 6.04 Å². The van der Waals surface area contributed by atoms with Crippen molar-refractivity contribution in [1.82, 2.24) is 4.90 Å². The number of nitrogens with zero attached hydrogens (tertiary/aromatic N) is 1. The second kappa shape index (κ2) is 6.08. The molecule has 0 aliphatic rings. The normalized spacial score (nSPS) is 14.3. The van der Waals surface area contributed by atoms with Gasteiger partial charge in [-0.2, -0.15) is 13.2 Å². The molecule has 0 aliphatic heterocycles. The fourth-order valence-electron chi connectivity index (χ4n) is 1.37. The molecule has 0 aromatic carbocycles. The van der Waals surface area contributed by atoms with Gasteiger partial charge >= 0.3 is 12.1 Å². The van der Waals surface area contributed by atoms with Crippen LogP contribution in [-0.2, 0) is 9.53 Å². The Morgan fingerprint density at radius 3 is 2.12 bits per heavy atom. The molecule has 0 aromatic heterocycles.